The van der Waals surface area contributed by atoms with Crippen LogP contribution in [0.15, 0.2) is 60.8 Å². The van der Waals surface area contributed by atoms with Crippen LogP contribution < -0.4 is 11.1 Å². The third-order valence-corrected chi connectivity index (χ3v) is 3.77. The zero-order chi connectivity index (χ0) is 17.8. The highest BCUT2D eigenvalue weighted by molar-refractivity contribution is 6.30. The zero-order valence-electron chi connectivity index (χ0n) is 13.1. The fourth-order valence-electron chi connectivity index (χ4n) is 2.34. The Morgan fingerprint density at radius 3 is 2.40 bits per heavy atom. The predicted octanol–water partition coefficient (Wildman–Crippen LogP) is 2.41. The number of primary amides is 1. The Labute approximate surface area is 149 Å². The third-order valence-electron chi connectivity index (χ3n) is 3.52. The van der Waals surface area contributed by atoms with Gasteiger partial charge in [-0.15, -0.1) is 0 Å². The van der Waals surface area contributed by atoms with Gasteiger partial charge in [-0.05, 0) is 24.3 Å². The van der Waals surface area contributed by atoms with E-state index in [4.69, 9.17) is 17.3 Å². The van der Waals surface area contributed by atoms with E-state index in [1.54, 1.807) is 35.1 Å². The minimum Gasteiger partial charge on any atom is -0.368 e. The van der Waals surface area contributed by atoms with Gasteiger partial charge in [-0.1, -0.05) is 41.9 Å². The smallest absolute Gasteiger partial charge is 0.255 e. The molecule has 0 fully saturated rings. The van der Waals surface area contributed by atoms with Crippen molar-refractivity contribution in [1.29, 1.82) is 0 Å². The van der Waals surface area contributed by atoms with Crippen molar-refractivity contribution in [2.24, 2.45) is 5.73 Å². The maximum absolute atomic E-state index is 12.5. The lowest BCUT2D eigenvalue weighted by Crippen LogP contribution is -2.33. The number of halogens is 1. The number of amides is 2. The van der Waals surface area contributed by atoms with Crippen LogP contribution in [0.4, 0.5) is 0 Å². The van der Waals surface area contributed by atoms with E-state index in [2.05, 4.69) is 10.4 Å². The van der Waals surface area contributed by atoms with Gasteiger partial charge < -0.3 is 11.1 Å². The lowest BCUT2D eigenvalue weighted by molar-refractivity contribution is -0.117. The molecule has 1 aromatic heterocycles. The maximum Gasteiger partial charge on any atom is 0.255 e. The Balaban J connectivity index is 2.04. The molecular weight excluding hydrogens is 340 g/mol. The fourth-order valence-corrected chi connectivity index (χ4v) is 2.46. The van der Waals surface area contributed by atoms with Gasteiger partial charge in [0.15, 0.2) is 0 Å². The number of benzene rings is 2. The van der Waals surface area contributed by atoms with Crippen LogP contribution >= 0.6 is 11.6 Å². The van der Waals surface area contributed by atoms with Gasteiger partial charge in [-0.3, -0.25) is 9.59 Å². The number of hydrogen-bond donors (Lipinski definition) is 2. The molecule has 2 amide bonds. The first kappa shape index (κ1) is 16.7. The van der Waals surface area contributed by atoms with E-state index in [0.717, 1.165) is 11.3 Å². The summed E-state index contributed by atoms with van der Waals surface area (Å²) in [5.74, 6) is -1.04. The van der Waals surface area contributed by atoms with Crippen LogP contribution in [0, 0.1) is 0 Å². The van der Waals surface area contributed by atoms with Crippen molar-refractivity contribution in [2.45, 2.75) is 0 Å². The number of nitrogens with one attached hydrogen (secondary N) is 1. The lowest BCUT2D eigenvalue weighted by atomic mass is 10.1. The minimum atomic E-state index is -0.614. The van der Waals surface area contributed by atoms with Crippen LogP contribution in [0.5, 0.6) is 0 Å². The van der Waals surface area contributed by atoms with Crippen molar-refractivity contribution in [2.75, 3.05) is 6.54 Å². The third kappa shape index (κ3) is 3.87. The summed E-state index contributed by atoms with van der Waals surface area (Å²) < 4.78 is 1.61. The molecule has 0 bridgehead atoms. The van der Waals surface area contributed by atoms with Crippen molar-refractivity contribution in [1.82, 2.24) is 15.1 Å². The van der Waals surface area contributed by atoms with Gasteiger partial charge >= 0.3 is 0 Å². The van der Waals surface area contributed by atoms with Gasteiger partial charge in [0.2, 0.25) is 5.91 Å². The molecule has 3 N–H and O–H groups in total. The zero-order valence-corrected chi connectivity index (χ0v) is 13.9. The van der Waals surface area contributed by atoms with Gasteiger partial charge in [0, 0.05) is 16.8 Å². The van der Waals surface area contributed by atoms with Crippen LogP contribution in [-0.4, -0.2) is 28.1 Å². The summed E-state index contributed by atoms with van der Waals surface area (Å²) in [5, 5.41) is 7.61. The standard InChI is InChI=1S/C18H15ClN4O2/c19-13-8-6-12(7-9-13)17-15(18(25)21-10-16(20)24)11-23(22-17)14-4-2-1-3-5-14/h1-9,11H,10H2,(H2,20,24)(H,21,25). The van der Waals surface area contributed by atoms with Crippen molar-refractivity contribution < 1.29 is 9.59 Å². The Hall–Kier alpha value is -3.12. The SMILES string of the molecule is NC(=O)CNC(=O)c1cn(-c2ccccc2)nc1-c1ccc(Cl)cc1. The summed E-state index contributed by atoms with van der Waals surface area (Å²) in [6.07, 6.45) is 1.62. The number of carbonyl (C=O) groups excluding carboxylic acids is 2. The largest absolute Gasteiger partial charge is 0.368 e. The van der Waals surface area contributed by atoms with E-state index in [0.29, 0.717) is 16.3 Å². The molecule has 0 saturated carbocycles. The second-order valence-corrected chi connectivity index (χ2v) is 5.76. The molecule has 0 saturated heterocycles. The summed E-state index contributed by atoms with van der Waals surface area (Å²) in [7, 11) is 0. The molecule has 0 aliphatic carbocycles. The van der Waals surface area contributed by atoms with Crippen LogP contribution in [-0.2, 0) is 4.79 Å². The fraction of sp³-hybridized carbons (Fsp3) is 0.0556. The van der Waals surface area contributed by atoms with Crippen molar-refractivity contribution in [3.8, 4) is 16.9 Å². The number of nitrogens with two attached hydrogens (primary N) is 1. The quantitative estimate of drug-likeness (QED) is 0.737. The molecule has 2 aromatic carbocycles. The molecule has 0 aliphatic heterocycles. The highest BCUT2D eigenvalue weighted by atomic mass is 35.5. The number of nitrogens with zero attached hydrogens (tertiary/aromatic N) is 2. The number of para-hydroxylation sites is 1. The van der Waals surface area contributed by atoms with Gasteiger partial charge in [-0.2, -0.15) is 5.10 Å². The van der Waals surface area contributed by atoms with E-state index in [-0.39, 0.29) is 6.54 Å². The first-order valence-corrected chi connectivity index (χ1v) is 7.90. The highest BCUT2D eigenvalue weighted by Crippen LogP contribution is 2.25. The predicted molar refractivity (Wildman–Crippen MR) is 95.5 cm³/mol. The molecule has 25 heavy (non-hydrogen) atoms. The Kier molecular flexibility index (Phi) is 4.81. The van der Waals surface area contributed by atoms with E-state index in [1.165, 1.54) is 0 Å². The Morgan fingerprint density at radius 2 is 1.76 bits per heavy atom. The van der Waals surface area contributed by atoms with Gasteiger partial charge in [0.1, 0.15) is 5.69 Å². The Morgan fingerprint density at radius 1 is 1.08 bits per heavy atom. The minimum absolute atomic E-state index is 0.241. The summed E-state index contributed by atoms with van der Waals surface area (Å²) in [5.41, 5.74) is 7.47. The topological polar surface area (TPSA) is 90.0 Å². The van der Waals surface area contributed by atoms with E-state index >= 15 is 0 Å². The normalized spacial score (nSPS) is 10.4. The monoisotopic (exact) mass is 354 g/mol. The van der Waals surface area contributed by atoms with Gasteiger partial charge in [0.05, 0.1) is 17.8 Å². The van der Waals surface area contributed by atoms with Crippen molar-refractivity contribution in [3.63, 3.8) is 0 Å². The Bertz CT molecular complexity index is 905. The molecule has 1 heterocycles. The first-order chi connectivity index (χ1) is 12.0. The van der Waals surface area contributed by atoms with Crippen LogP contribution in [0.2, 0.25) is 5.02 Å². The van der Waals surface area contributed by atoms with E-state index in [1.807, 2.05) is 30.3 Å². The molecule has 0 radical (unpaired) electrons. The number of rotatable bonds is 5. The van der Waals surface area contributed by atoms with Crippen molar-refractivity contribution >= 4 is 23.4 Å². The molecule has 3 rings (SSSR count). The molecule has 0 atom stereocenters. The highest BCUT2D eigenvalue weighted by Gasteiger charge is 2.18. The molecule has 0 spiro atoms. The second-order valence-electron chi connectivity index (χ2n) is 5.33. The maximum atomic E-state index is 12.5. The van der Waals surface area contributed by atoms with E-state index in [9.17, 15) is 9.59 Å². The average molecular weight is 355 g/mol. The van der Waals surface area contributed by atoms with Gasteiger partial charge in [-0.25, -0.2) is 4.68 Å². The summed E-state index contributed by atoms with van der Waals surface area (Å²) in [4.78, 5) is 23.4. The second kappa shape index (κ2) is 7.19. The molecule has 0 unspecified atom stereocenters. The molecule has 7 heteroatoms. The van der Waals surface area contributed by atoms with E-state index < -0.39 is 11.8 Å². The number of carbonyl (C=O) groups is 2. The molecule has 0 aliphatic rings. The van der Waals surface area contributed by atoms with Crippen molar-refractivity contribution in [3.05, 3.63) is 71.4 Å². The number of hydrogen-bond acceptors (Lipinski definition) is 3. The summed E-state index contributed by atoms with van der Waals surface area (Å²) >= 11 is 5.93. The average Bonchev–Trinajstić information content (AvgIpc) is 3.06. The first-order valence-electron chi connectivity index (χ1n) is 7.52. The van der Waals surface area contributed by atoms with Crippen LogP contribution in [0.1, 0.15) is 10.4 Å². The molecular formula is C18H15ClN4O2. The molecule has 126 valence electrons. The summed E-state index contributed by atoms with van der Waals surface area (Å²) in [6.45, 7) is -0.241. The lowest BCUT2D eigenvalue weighted by Gasteiger charge is -2.03. The number of aromatic nitrogens is 2. The van der Waals surface area contributed by atoms with Crippen LogP contribution in [0.3, 0.4) is 0 Å². The summed E-state index contributed by atoms with van der Waals surface area (Å²) in [6, 6.07) is 16.4. The van der Waals surface area contributed by atoms with Gasteiger partial charge in [0.25, 0.3) is 5.91 Å². The van der Waals surface area contributed by atoms with Crippen LogP contribution in [0.25, 0.3) is 16.9 Å². The molecule has 6 nitrogen and oxygen atoms in total. The molecule has 3 aromatic rings.